The first kappa shape index (κ1) is 12.0. The number of rotatable bonds is 2. The molecule has 5 heteroatoms. The highest BCUT2D eigenvalue weighted by atomic mass is 16.2. The Morgan fingerprint density at radius 3 is 2.53 bits per heavy atom. The molecule has 94 valence electrons. The number of anilines is 1. The van der Waals surface area contributed by atoms with Crippen molar-refractivity contribution in [2.45, 2.75) is 33.2 Å². The third-order valence-electron chi connectivity index (χ3n) is 3.45. The van der Waals surface area contributed by atoms with Crippen molar-refractivity contribution in [1.82, 2.24) is 9.55 Å². The number of nitrogens with one attached hydrogen (secondary N) is 1. The Morgan fingerprint density at radius 1 is 1.35 bits per heavy atom. The molecule has 2 rings (SSSR count). The molecule has 1 fully saturated rings. The molecule has 0 bridgehead atoms. The van der Waals surface area contributed by atoms with E-state index in [0.29, 0.717) is 12.4 Å². The summed E-state index contributed by atoms with van der Waals surface area (Å²) in [6, 6.07) is 1.53. The maximum Gasteiger partial charge on any atom is 0.329 e. The molecule has 1 saturated heterocycles. The van der Waals surface area contributed by atoms with Gasteiger partial charge in [0, 0.05) is 25.7 Å². The van der Waals surface area contributed by atoms with E-state index in [9.17, 15) is 9.59 Å². The quantitative estimate of drug-likeness (QED) is 0.827. The second kappa shape index (κ2) is 4.77. The van der Waals surface area contributed by atoms with Gasteiger partial charge in [0.25, 0.3) is 5.56 Å². The van der Waals surface area contributed by atoms with Crippen molar-refractivity contribution in [2.75, 3.05) is 18.0 Å². The molecule has 0 spiro atoms. The average Bonchev–Trinajstić information content (AvgIpc) is 2.29. The lowest BCUT2D eigenvalue weighted by molar-refractivity contribution is 0.435. The van der Waals surface area contributed by atoms with Gasteiger partial charge in [0.1, 0.15) is 5.82 Å². The number of aromatic amines is 1. The van der Waals surface area contributed by atoms with E-state index in [4.69, 9.17) is 0 Å². The van der Waals surface area contributed by atoms with Gasteiger partial charge in [-0.1, -0.05) is 6.92 Å². The highest BCUT2D eigenvalue weighted by Crippen LogP contribution is 2.19. The molecule has 1 aromatic rings. The Morgan fingerprint density at radius 2 is 2.00 bits per heavy atom. The number of nitrogens with zero attached hydrogens (tertiary/aromatic N) is 2. The van der Waals surface area contributed by atoms with E-state index >= 15 is 0 Å². The number of H-pyrrole nitrogens is 1. The van der Waals surface area contributed by atoms with Gasteiger partial charge < -0.3 is 4.90 Å². The fraction of sp³-hybridized carbons (Fsp3) is 0.667. The lowest BCUT2D eigenvalue weighted by atomic mass is 9.99. The standard InChI is InChI=1S/C12H19N3O2/c1-3-15-11(16)8-10(13-12(15)17)14-6-4-9(2)5-7-14/h8-9H,3-7H2,1-2H3,(H,13,17). The van der Waals surface area contributed by atoms with E-state index in [0.717, 1.165) is 31.8 Å². The zero-order valence-electron chi connectivity index (χ0n) is 10.4. The van der Waals surface area contributed by atoms with Gasteiger partial charge in [0.2, 0.25) is 0 Å². The molecular formula is C12H19N3O2. The predicted octanol–water partition coefficient (Wildman–Crippen LogP) is 0.793. The van der Waals surface area contributed by atoms with Crippen LogP contribution in [0.5, 0.6) is 0 Å². The van der Waals surface area contributed by atoms with Crippen molar-refractivity contribution in [2.24, 2.45) is 5.92 Å². The second-order valence-electron chi connectivity index (χ2n) is 4.71. The van der Waals surface area contributed by atoms with E-state index in [1.807, 2.05) is 0 Å². The van der Waals surface area contributed by atoms with Crippen molar-refractivity contribution >= 4 is 5.82 Å². The van der Waals surface area contributed by atoms with E-state index in [2.05, 4.69) is 16.8 Å². The molecule has 1 aliphatic rings. The summed E-state index contributed by atoms with van der Waals surface area (Å²) in [6.07, 6.45) is 2.22. The maximum atomic E-state index is 11.7. The van der Waals surface area contributed by atoms with Crippen LogP contribution in [0.3, 0.4) is 0 Å². The van der Waals surface area contributed by atoms with Gasteiger partial charge in [-0.15, -0.1) is 0 Å². The van der Waals surface area contributed by atoms with Crippen LogP contribution in [0.1, 0.15) is 26.7 Å². The molecule has 0 aromatic carbocycles. The van der Waals surface area contributed by atoms with Crippen molar-refractivity contribution in [3.63, 3.8) is 0 Å². The Kier molecular flexibility index (Phi) is 3.36. The third kappa shape index (κ3) is 2.43. The van der Waals surface area contributed by atoms with Gasteiger partial charge in [-0.25, -0.2) is 4.79 Å². The number of piperidine rings is 1. The monoisotopic (exact) mass is 237 g/mol. The Labute approximate surface area is 100 Å². The van der Waals surface area contributed by atoms with Crippen LogP contribution < -0.4 is 16.1 Å². The van der Waals surface area contributed by atoms with Gasteiger partial charge in [-0.05, 0) is 25.7 Å². The minimum atomic E-state index is -0.311. The lowest BCUT2D eigenvalue weighted by Crippen LogP contribution is -2.39. The predicted molar refractivity (Wildman–Crippen MR) is 67.6 cm³/mol. The average molecular weight is 237 g/mol. The van der Waals surface area contributed by atoms with Gasteiger partial charge in [0.05, 0.1) is 0 Å². The summed E-state index contributed by atoms with van der Waals surface area (Å²) in [5.41, 5.74) is -0.529. The molecule has 0 saturated carbocycles. The van der Waals surface area contributed by atoms with E-state index in [-0.39, 0.29) is 11.2 Å². The molecule has 1 N–H and O–H groups in total. The Hall–Kier alpha value is -1.52. The molecule has 1 aromatic heterocycles. The van der Waals surface area contributed by atoms with Gasteiger partial charge >= 0.3 is 5.69 Å². The summed E-state index contributed by atoms with van der Waals surface area (Å²) in [4.78, 5) is 28.3. The normalized spacial score (nSPS) is 17.4. The van der Waals surface area contributed by atoms with E-state index < -0.39 is 0 Å². The molecule has 0 unspecified atom stereocenters. The first-order valence-corrected chi connectivity index (χ1v) is 6.21. The summed E-state index contributed by atoms with van der Waals surface area (Å²) in [7, 11) is 0. The van der Waals surface area contributed by atoms with Crippen LogP contribution in [0.15, 0.2) is 15.7 Å². The number of aromatic nitrogens is 2. The zero-order chi connectivity index (χ0) is 12.4. The molecule has 2 heterocycles. The Balaban J connectivity index is 2.28. The fourth-order valence-corrected chi connectivity index (χ4v) is 2.23. The van der Waals surface area contributed by atoms with Crippen LogP contribution in [0.25, 0.3) is 0 Å². The molecule has 5 nitrogen and oxygen atoms in total. The summed E-state index contributed by atoms with van der Waals surface area (Å²) in [6.45, 7) is 6.25. The first-order valence-electron chi connectivity index (χ1n) is 6.21. The van der Waals surface area contributed by atoms with Gasteiger partial charge in [-0.2, -0.15) is 0 Å². The number of hydrogen-bond acceptors (Lipinski definition) is 3. The smallest absolute Gasteiger partial charge is 0.329 e. The topological polar surface area (TPSA) is 58.1 Å². The van der Waals surface area contributed by atoms with E-state index in [1.54, 1.807) is 6.92 Å². The van der Waals surface area contributed by atoms with Gasteiger partial charge in [0.15, 0.2) is 0 Å². The largest absolute Gasteiger partial charge is 0.358 e. The first-order chi connectivity index (χ1) is 8.11. The van der Waals surface area contributed by atoms with Crippen LogP contribution in [0.2, 0.25) is 0 Å². The summed E-state index contributed by atoms with van der Waals surface area (Å²) >= 11 is 0. The fourth-order valence-electron chi connectivity index (χ4n) is 2.23. The SMILES string of the molecule is CCn1c(=O)cc(N2CCC(C)CC2)[nH]c1=O. The molecular weight excluding hydrogens is 218 g/mol. The molecule has 0 amide bonds. The minimum Gasteiger partial charge on any atom is -0.358 e. The van der Waals surface area contributed by atoms with Crippen LogP contribution in [0.4, 0.5) is 5.82 Å². The molecule has 0 atom stereocenters. The maximum absolute atomic E-state index is 11.7. The zero-order valence-corrected chi connectivity index (χ0v) is 10.4. The lowest BCUT2D eigenvalue weighted by Gasteiger charge is -2.31. The Bertz CT molecular complexity index is 464. The highest BCUT2D eigenvalue weighted by Gasteiger charge is 2.17. The van der Waals surface area contributed by atoms with Crippen LogP contribution in [0, 0.1) is 5.92 Å². The summed E-state index contributed by atoms with van der Waals surface area (Å²) in [5.74, 6) is 1.39. The van der Waals surface area contributed by atoms with Crippen molar-refractivity contribution in [3.8, 4) is 0 Å². The van der Waals surface area contributed by atoms with Crippen molar-refractivity contribution in [3.05, 3.63) is 26.9 Å². The molecule has 0 radical (unpaired) electrons. The summed E-state index contributed by atoms with van der Waals surface area (Å²) < 4.78 is 1.20. The molecule has 17 heavy (non-hydrogen) atoms. The third-order valence-corrected chi connectivity index (χ3v) is 3.45. The van der Waals surface area contributed by atoms with Crippen molar-refractivity contribution in [1.29, 1.82) is 0 Å². The summed E-state index contributed by atoms with van der Waals surface area (Å²) in [5, 5.41) is 0. The number of hydrogen-bond donors (Lipinski definition) is 1. The highest BCUT2D eigenvalue weighted by molar-refractivity contribution is 5.37. The van der Waals surface area contributed by atoms with Crippen LogP contribution in [-0.2, 0) is 6.54 Å². The minimum absolute atomic E-state index is 0.218. The van der Waals surface area contributed by atoms with E-state index in [1.165, 1.54) is 10.6 Å². The molecule has 0 aliphatic carbocycles. The van der Waals surface area contributed by atoms with Crippen LogP contribution in [-0.4, -0.2) is 22.6 Å². The van der Waals surface area contributed by atoms with Crippen LogP contribution >= 0.6 is 0 Å². The molecule has 1 aliphatic heterocycles. The van der Waals surface area contributed by atoms with Gasteiger partial charge in [-0.3, -0.25) is 14.3 Å². The van der Waals surface area contributed by atoms with Crippen molar-refractivity contribution < 1.29 is 0 Å². The second-order valence-corrected chi connectivity index (χ2v) is 4.71.